The Bertz CT molecular complexity index is 490. The third-order valence-electron chi connectivity index (χ3n) is 5.89. The van der Waals surface area contributed by atoms with Gasteiger partial charge in [-0.2, -0.15) is 11.8 Å². The second kappa shape index (κ2) is 22.6. The molecule has 206 valence electrons. The normalized spacial score (nSPS) is 14.9. The molecule has 0 rings (SSSR count). The topological polar surface area (TPSA) is 65.0 Å². The summed E-state index contributed by atoms with van der Waals surface area (Å²) in [4.78, 5) is 9.90. The fourth-order valence-corrected chi connectivity index (χ4v) is 5.58. The Morgan fingerprint density at radius 2 is 1.29 bits per heavy atom. The van der Waals surface area contributed by atoms with E-state index in [1.54, 1.807) is 7.11 Å². The highest BCUT2D eigenvalue weighted by molar-refractivity contribution is 7.99. The molecule has 0 aliphatic rings. The van der Waals surface area contributed by atoms with Crippen molar-refractivity contribution in [2.24, 2.45) is 5.92 Å². The van der Waals surface area contributed by atoms with Gasteiger partial charge in [0.05, 0.1) is 34.4 Å². The number of methoxy groups -OCH3 is 1. The van der Waals surface area contributed by atoms with Crippen LogP contribution in [0.5, 0.6) is 0 Å². The number of rotatable bonds is 26. The van der Waals surface area contributed by atoms with Gasteiger partial charge in [-0.1, -0.05) is 90.4 Å². The molecule has 1 unspecified atom stereocenters. The van der Waals surface area contributed by atoms with Crippen LogP contribution in [0.2, 0.25) is 0 Å². The summed E-state index contributed by atoms with van der Waals surface area (Å²) in [5.74, 6) is 2.07. The van der Waals surface area contributed by atoms with Crippen LogP contribution in [0.3, 0.4) is 0 Å². The second-order valence-corrected chi connectivity index (χ2v) is 13.2. The predicted octanol–water partition coefficient (Wildman–Crippen LogP) is 7.30. The maximum absolute atomic E-state index is 12.1. The molecule has 0 aliphatic carbocycles. The van der Waals surface area contributed by atoms with Gasteiger partial charge in [-0.15, -0.1) is 0 Å². The van der Waals surface area contributed by atoms with E-state index in [2.05, 4.69) is 6.92 Å². The third kappa shape index (κ3) is 25.5. The molecule has 0 amide bonds. The number of phosphoric acid groups is 1. The molecule has 0 saturated heterocycles. The van der Waals surface area contributed by atoms with Crippen molar-refractivity contribution in [3.63, 3.8) is 0 Å². The summed E-state index contributed by atoms with van der Waals surface area (Å²) in [6, 6.07) is 0. The molecule has 0 saturated carbocycles. The zero-order valence-electron chi connectivity index (χ0n) is 23.1. The average Bonchev–Trinajstić information content (AvgIpc) is 2.76. The molecular formula is C26H57NO5PS+. The van der Waals surface area contributed by atoms with Gasteiger partial charge in [-0.3, -0.25) is 9.05 Å². The minimum Gasteiger partial charge on any atom is -0.384 e. The van der Waals surface area contributed by atoms with Crippen molar-refractivity contribution in [2.75, 3.05) is 66.1 Å². The van der Waals surface area contributed by atoms with E-state index in [0.29, 0.717) is 17.6 Å². The van der Waals surface area contributed by atoms with Gasteiger partial charge in [0, 0.05) is 18.8 Å². The minimum atomic E-state index is -4.01. The van der Waals surface area contributed by atoms with Gasteiger partial charge >= 0.3 is 7.82 Å². The standard InChI is InChI=1S/C26H56NO5PS/c1-6-7-8-9-10-11-12-13-14-15-16-17-18-19-22-34-25-26(23-30-5)24-32-33(28,29)31-21-20-27(2,3)4/h26H,6-25H2,1-5H3/p+1/t26-/m1/s1. The maximum Gasteiger partial charge on any atom is 0.472 e. The lowest BCUT2D eigenvalue weighted by molar-refractivity contribution is -0.870. The van der Waals surface area contributed by atoms with Gasteiger partial charge in [0.15, 0.2) is 0 Å². The summed E-state index contributed by atoms with van der Waals surface area (Å²) in [6.45, 7) is 3.81. The molecule has 0 aromatic carbocycles. The van der Waals surface area contributed by atoms with Crippen molar-refractivity contribution in [3.8, 4) is 0 Å². The number of thioether (sulfide) groups is 1. The SMILES string of the molecule is CCCCCCCCCCCCCCCCSC[C@H](COC)COP(=O)(O)OCC[N+](C)(C)C. The molecule has 1 N–H and O–H groups in total. The smallest absolute Gasteiger partial charge is 0.384 e. The molecule has 6 nitrogen and oxygen atoms in total. The monoisotopic (exact) mass is 526 g/mol. The Labute approximate surface area is 216 Å². The number of nitrogens with zero attached hydrogens (tertiary/aromatic N) is 1. The van der Waals surface area contributed by atoms with Crippen molar-refractivity contribution >= 4 is 19.6 Å². The number of hydrogen-bond acceptors (Lipinski definition) is 5. The molecule has 0 fully saturated rings. The summed E-state index contributed by atoms with van der Waals surface area (Å²) in [5.41, 5.74) is 0. The van der Waals surface area contributed by atoms with Crippen LogP contribution in [0.1, 0.15) is 96.8 Å². The van der Waals surface area contributed by atoms with E-state index in [-0.39, 0.29) is 19.1 Å². The van der Waals surface area contributed by atoms with Gasteiger partial charge in [-0.05, 0) is 12.2 Å². The quantitative estimate of drug-likeness (QED) is 0.0724. The number of quaternary nitrogens is 1. The van der Waals surface area contributed by atoms with Gasteiger partial charge in [-0.25, -0.2) is 4.57 Å². The van der Waals surface area contributed by atoms with Gasteiger partial charge in [0.1, 0.15) is 13.2 Å². The molecule has 0 heterocycles. The second-order valence-electron chi connectivity index (χ2n) is 10.6. The first-order valence-corrected chi connectivity index (χ1v) is 16.3. The molecular weight excluding hydrogens is 469 g/mol. The number of hydrogen-bond donors (Lipinski definition) is 1. The van der Waals surface area contributed by atoms with Crippen LogP contribution in [-0.4, -0.2) is 75.5 Å². The third-order valence-corrected chi connectivity index (χ3v) is 8.16. The minimum absolute atomic E-state index is 0.0871. The highest BCUT2D eigenvalue weighted by atomic mass is 32.2. The fraction of sp³-hybridized carbons (Fsp3) is 1.00. The summed E-state index contributed by atoms with van der Waals surface area (Å²) in [6.07, 6.45) is 19.3. The van der Waals surface area contributed by atoms with Gasteiger partial charge in [0.2, 0.25) is 0 Å². The molecule has 0 spiro atoms. The van der Waals surface area contributed by atoms with Crippen LogP contribution in [0.25, 0.3) is 0 Å². The Hall–Kier alpha value is 0.380. The number of likely N-dealkylation sites (N-methyl/N-ethyl adjacent to an activating group) is 1. The molecule has 0 aliphatic heterocycles. The summed E-state index contributed by atoms with van der Waals surface area (Å²) < 4.78 is 28.3. The molecule has 0 aromatic rings. The average molecular weight is 527 g/mol. The molecule has 8 heteroatoms. The lowest BCUT2D eigenvalue weighted by Crippen LogP contribution is -2.37. The number of phosphoric ester groups is 1. The van der Waals surface area contributed by atoms with E-state index in [0.717, 1.165) is 11.5 Å². The van der Waals surface area contributed by atoms with Crippen molar-refractivity contribution in [1.29, 1.82) is 0 Å². The Balaban J connectivity index is 3.65. The van der Waals surface area contributed by atoms with Crippen LogP contribution in [0, 0.1) is 5.92 Å². The van der Waals surface area contributed by atoms with E-state index in [9.17, 15) is 9.46 Å². The summed E-state index contributed by atoms with van der Waals surface area (Å²) >= 11 is 1.88. The zero-order chi connectivity index (χ0) is 25.5. The van der Waals surface area contributed by atoms with Crippen LogP contribution in [-0.2, 0) is 18.3 Å². The largest absolute Gasteiger partial charge is 0.472 e. The Morgan fingerprint density at radius 3 is 1.76 bits per heavy atom. The van der Waals surface area contributed by atoms with Crippen molar-refractivity contribution < 1.29 is 27.7 Å². The van der Waals surface area contributed by atoms with Crippen molar-refractivity contribution in [3.05, 3.63) is 0 Å². The maximum atomic E-state index is 12.1. The predicted molar refractivity (Wildman–Crippen MR) is 148 cm³/mol. The molecule has 0 radical (unpaired) electrons. The zero-order valence-corrected chi connectivity index (χ0v) is 24.8. The molecule has 34 heavy (non-hydrogen) atoms. The van der Waals surface area contributed by atoms with E-state index in [1.165, 1.54) is 89.9 Å². The lowest BCUT2D eigenvalue weighted by Gasteiger charge is -2.24. The number of unbranched alkanes of at least 4 members (excludes halogenated alkanes) is 13. The highest BCUT2D eigenvalue weighted by Gasteiger charge is 2.24. The first kappa shape index (κ1) is 34.4. The Kier molecular flexibility index (Phi) is 22.8. The highest BCUT2D eigenvalue weighted by Crippen LogP contribution is 2.43. The van der Waals surface area contributed by atoms with E-state index < -0.39 is 7.82 Å². The fourth-order valence-electron chi connectivity index (χ4n) is 3.70. The summed E-state index contributed by atoms with van der Waals surface area (Å²) in [7, 11) is 3.68. The molecule has 0 aromatic heterocycles. The summed E-state index contributed by atoms with van der Waals surface area (Å²) in [5, 5.41) is 0. The van der Waals surface area contributed by atoms with Gasteiger partial charge in [0.25, 0.3) is 0 Å². The molecule has 2 atom stereocenters. The van der Waals surface area contributed by atoms with Crippen molar-refractivity contribution in [2.45, 2.75) is 96.8 Å². The van der Waals surface area contributed by atoms with E-state index in [1.807, 2.05) is 32.9 Å². The van der Waals surface area contributed by atoms with E-state index in [4.69, 9.17) is 13.8 Å². The molecule has 0 bridgehead atoms. The Morgan fingerprint density at radius 1 is 0.794 bits per heavy atom. The number of ether oxygens (including phenoxy) is 1. The first-order chi connectivity index (χ1) is 16.2. The van der Waals surface area contributed by atoms with Crippen LogP contribution in [0.15, 0.2) is 0 Å². The van der Waals surface area contributed by atoms with E-state index >= 15 is 0 Å². The van der Waals surface area contributed by atoms with Gasteiger partial charge < -0.3 is 14.1 Å². The van der Waals surface area contributed by atoms with Crippen LogP contribution in [0.4, 0.5) is 0 Å². The first-order valence-electron chi connectivity index (χ1n) is 13.7. The van der Waals surface area contributed by atoms with Crippen LogP contribution >= 0.6 is 19.6 Å². The van der Waals surface area contributed by atoms with Crippen molar-refractivity contribution in [1.82, 2.24) is 0 Å². The van der Waals surface area contributed by atoms with Crippen LogP contribution < -0.4 is 0 Å². The lowest BCUT2D eigenvalue weighted by atomic mass is 10.0.